The summed E-state index contributed by atoms with van der Waals surface area (Å²) < 4.78 is 32.8. The molecule has 3 aromatic carbocycles. The minimum Gasteiger partial charge on any atom is -0.493 e. The Bertz CT molecular complexity index is 2160. The highest BCUT2D eigenvalue weighted by Crippen LogP contribution is 2.30. The molecule has 3 aliphatic rings. The number of rotatable bonds is 23. The summed E-state index contributed by atoms with van der Waals surface area (Å²) >= 11 is 0. The molecule has 6 rings (SSSR count). The molecule has 3 fully saturated rings. The van der Waals surface area contributed by atoms with Crippen LogP contribution in [0.3, 0.4) is 0 Å². The van der Waals surface area contributed by atoms with Crippen molar-refractivity contribution in [1.29, 1.82) is 0 Å². The number of carbonyl (C=O) groups is 3. The van der Waals surface area contributed by atoms with Crippen molar-refractivity contribution >= 4 is 36.1 Å². The molecule has 80 heavy (non-hydrogen) atoms. The van der Waals surface area contributed by atoms with Gasteiger partial charge in [0.25, 0.3) is 0 Å². The van der Waals surface area contributed by atoms with Crippen molar-refractivity contribution in [2.75, 3.05) is 59.3 Å². The van der Waals surface area contributed by atoms with Gasteiger partial charge in [0.05, 0.1) is 26.4 Å². The minimum absolute atomic E-state index is 0. The number of halogens is 1. The average molecular weight is 1140 g/mol. The van der Waals surface area contributed by atoms with Gasteiger partial charge in [0.1, 0.15) is 28.5 Å². The number of aliphatic hydroxyl groups excluding tert-OH is 2. The van der Waals surface area contributed by atoms with E-state index in [9.17, 15) is 24.6 Å². The SMILES string of the molecule is C=C(CCNC(=O)OC(C)(C)C)c1cccc(OCC2CCCCC2)c1.CC(C)(C)OC(=O)NCCC(CO)c1cccc(OCC2CCCCC2)c1.CCOC(C)=O.Cl.NCCC(CO)c1cccc(OCC2CCCCC2)c1. The van der Waals surface area contributed by atoms with Crippen molar-refractivity contribution in [1.82, 2.24) is 10.6 Å². The number of benzene rings is 3. The van der Waals surface area contributed by atoms with Gasteiger partial charge in [0, 0.05) is 45.1 Å². The molecule has 0 radical (unpaired) electrons. The van der Waals surface area contributed by atoms with Crippen LogP contribution in [-0.4, -0.2) is 98.8 Å². The Kier molecular flexibility index (Phi) is 35.7. The van der Waals surface area contributed by atoms with Crippen LogP contribution in [0, 0.1) is 17.8 Å². The zero-order valence-corrected chi connectivity index (χ0v) is 51.0. The average Bonchev–Trinajstić information content (AvgIpc) is 3.42. The van der Waals surface area contributed by atoms with E-state index in [1.165, 1.54) is 103 Å². The molecule has 2 unspecified atom stereocenters. The summed E-state index contributed by atoms with van der Waals surface area (Å²) in [6, 6.07) is 24.1. The lowest BCUT2D eigenvalue weighted by Gasteiger charge is -2.22. The first kappa shape index (κ1) is 71.1. The van der Waals surface area contributed by atoms with Crippen LogP contribution >= 0.6 is 12.4 Å². The predicted molar refractivity (Wildman–Crippen MR) is 325 cm³/mol. The van der Waals surface area contributed by atoms with E-state index < -0.39 is 23.4 Å². The van der Waals surface area contributed by atoms with Crippen LogP contribution in [0.4, 0.5) is 9.59 Å². The molecular weight excluding hydrogens is 1030 g/mol. The Hall–Kier alpha value is -5.02. The maximum absolute atomic E-state index is 11.7. The van der Waals surface area contributed by atoms with Gasteiger partial charge in [0.2, 0.25) is 0 Å². The van der Waals surface area contributed by atoms with E-state index in [1.807, 2.05) is 108 Å². The van der Waals surface area contributed by atoms with Gasteiger partial charge in [-0.1, -0.05) is 101 Å². The summed E-state index contributed by atoms with van der Waals surface area (Å²) in [5.74, 6) is 4.61. The second-order valence-corrected chi connectivity index (χ2v) is 23.4. The zero-order chi connectivity index (χ0) is 57.9. The van der Waals surface area contributed by atoms with Gasteiger partial charge in [-0.15, -0.1) is 12.4 Å². The highest BCUT2D eigenvalue weighted by Gasteiger charge is 2.20. The van der Waals surface area contributed by atoms with Crippen LogP contribution in [0.15, 0.2) is 79.4 Å². The number of carbonyl (C=O) groups excluding carboxylic acids is 3. The van der Waals surface area contributed by atoms with Gasteiger partial charge in [-0.2, -0.15) is 0 Å². The smallest absolute Gasteiger partial charge is 0.407 e. The normalized spacial score (nSPS) is 15.6. The van der Waals surface area contributed by atoms with Gasteiger partial charge in [-0.3, -0.25) is 4.79 Å². The minimum atomic E-state index is -0.509. The number of nitrogens with one attached hydrogen (secondary N) is 2. The van der Waals surface area contributed by atoms with Crippen molar-refractivity contribution in [3.05, 3.63) is 96.1 Å². The van der Waals surface area contributed by atoms with Gasteiger partial charge in [-0.05, 0) is 189 Å². The van der Waals surface area contributed by atoms with E-state index in [0.29, 0.717) is 56.8 Å². The lowest BCUT2D eigenvalue weighted by molar-refractivity contribution is -0.140. The molecule has 2 amide bonds. The first-order valence-electron chi connectivity index (χ1n) is 29.7. The molecule has 0 bridgehead atoms. The Morgan fingerprint density at radius 3 is 1.35 bits per heavy atom. The van der Waals surface area contributed by atoms with Crippen LogP contribution in [0.25, 0.3) is 5.57 Å². The molecule has 0 aliphatic heterocycles. The van der Waals surface area contributed by atoms with Gasteiger partial charge in [-0.25, -0.2) is 9.59 Å². The number of aliphatic hydroxyl groups is 2. The van der Waals surface area contributed by atoms with E-state index in [4.69, 9.17) is 29.4 Å². The Morgan fingerprint density at radius 2 is 0.988 bits per heavy atom. The van der Waals surface area contributed by atoms with E-state index >= 15 is 0 Å². The number of esters is 1. The summed E-state index contributed by atoms with van der Waals surface area (Å²) in [6.45, 7) is 23.0. The van der Waals surface area contributed by atoms with Crippen LogP contribution in [0.5, 0.6) is 17.2 Å². The zero-order valence-electron chi connectivity index (χ0n) is 50.2. The summed E-state index contributed by atoms with van der Waals surface area (Å²) in [5.41, 5.74) is 8.79. The molecule has 3 aromatic rings. The molecular formula is C65H104ClN3O11. The number of hydrogen-bond acceptors (Lipinski definition) is 12. The first-order chi connectivity index (χ1) is 37.8. The van der Waals surface area contributed by atoms with E-state index in [-0.39, 0.29) is 43.4 Å². The van der Waals surface area contributed by atoms with E-state index in [2.05, 4.69) is 28.0 Å². The van der Waals surface area contributed by atoms with Crippen molar-refractivity contribution in [2.45, 2.75) is 194 Å². The largest absolute Gasteiger partial charge is 0.493 e. The standard InChI is InChI=1S/C22H35NO4.C22H33NO3.C17H27NO2.C4H8O2.ClH/c1-22(2,3)27-21(25)23-13-12-19(15-24)18-10-7-11-20(14-18)26-16-17-8-5-4-6-9-17;1-17(13-14-23-21(24)26-22(2,3)4)19-11-8-12-20(15-19)25-16-18-9-6-5-7-10-18;18-10-9-16(12-19)15-7-4-8-17(11-15)20-13-14-5-2-1-3-6-14;1-3-6-4(2)5;/h7,10-11,14,17,19,24H,4-6,8-9,12-13,15-16H2,1-3H3,(H,23,25);8,11-12,15,18H,1,5-7,9-10,13-14,16H2,2-4H3,(H,23,24);4,7-8,11,14,16,19H,1-3,5-6,9-10,12-13,18H2;3H2,1-2H3;1H. The van der Waals surface area contributed by atoms with Crippen LogP contribution in [-0.2, 0) is 19.0 Å². The van der Waals surface area contributed by atoms with Crippen molar-refractivity contribution < 1.29 is 53.0 Å². The van der Waals surface area contributed by atoms with Gasteiger partial charge >= 0.3 is 18.2 Å². The van der Waals surface area contributed by atoms with Gasteiger partial charge in [0.15, 0.2) is 0 Å². The second-order valence-electron chi connectivity index (χ2n) is 23.4. The number of nitrogens with two attached hydrogens (primary N) is 1. The molecule has 6 N–H and O–H groups in total. The Balaban J connectivity index is 0.000000390. The number of alkyl carbamates (subject to hydrolysis) is 2. The third-order valence-electron chi connectivity index (χ3n) is 14.1. The molecule has 14 nitrogen and oxygen atoms in total. The molecule has 452 valence electrons. The molecule has 0 aromatic heterocycles. The van der Waals surface area contributed by atoms with Crippen molar-refractivity contribution in [3.63, 3.8) is 0 Å². The summed E-state index contributed by atoms with van der Waals surface area (Å²) in [7, 11) is 0. The number of amides is 2. The predicted octanol–water partition coefficient (Wildman–Crippen LogP) is 14.3. The topological polar surface area (TPSA) is 197 Å². The maximum atomic E-state index is 11.7. The third-order valence-corrected chi connectivity index (χ3v) is 14.1. The highest BCUT2D eigenvalue weighted by atomic mass is 35.5. The van der Waals surface area contributed by atoms with E-state index in [0.717, 1.165) is 65.8 Å². The molecule has 0 heterocycles. The first-order valence-corrected chi connectivity index (χ1v) is 29.7. The molecule has 3 aliphatic carbocycles. The summed E-state index contributed by atoms with van der Waals surface area (Å²) in [6.07, 6.45) is 21.0. The third kappa shape index (κ3) is 32.4. The Labute approximate surface area is 487 Å². The van der Waals surface area contributed by atoms with Gasteiger partial charge < -0.3 is 55.0 Å². The Morgan fingerprint density at radius 1 is 0.600 bits per heavy atom. The second kappa shape index (κ2) is 40.2. The quantitative estimate of drug-likeness (QED) is 0.0446. The summed E-state index contributed by atoms with van der Waals surface area (Å²) in [5, 5.41) is 24.7. The lowest BCUT2D eigenvalue weighted by Crippen LogP contribution is -2.33. The van der Waals surface area contributed by atoms with Crippen LogP contribution in [0.2, 0.25) is 0 Å². The fraction of sp³-hybridized carbons (Fsp3) is 0.646. The fourth-order valence-corrected chi connectivity index (χ4v) is 9.79. The van der Waals surface area contributed by atoms with Crippen molar-refractivity contribution in [2.24, 2.45) is 23.5 Å². The number of ether oxygens (including phenoxy) is 6. The molecule has 2 atom stereocenters. The molecule has 0 spiro atoms. The molecule has 15 heteroatoms. The van der Waals surface area contributed by atoms with Crippen LogP contribution in [0.1, 0.15) is 199 Å². The maximum Gasteiger partial charge on any atom is 0.407 e. The highest BCUT2D eigenvalue weighted by molar-refractivity contribution is 5.85. The molecule has 3 saturated carbocycles. The summed E-state index contributed by atoms with van der Waals surface area (Å²) in [4.78, 5) is 33.2. The van der Waals surface area contributed by atoms with E-state index in [1.54, 1.807) is 6.92 Å². The molecule has 0 saturated heterocycles. The monoisotopic (exact) mass is 1140 g/mol. The van der Waals surface area contributed by atoms with Crippen molar-refractivity contribution in [3.8, 4) is 17.2 Å². The van der Waals surface area contributed by atoms with Crippen LogP contribution < -0.4 is 30.6 Å². The number of hydrogen-bond donors (Lipinski definition) is 5. The lowest BCUT2D eigenvalue weighted by atomic mass is 9.90. The fourth-order valence-electron chi connectivity index (χ4n) is 9.79.